The van der Waals surface area contributed by atoms with Crippen LogP contribution in [0.3, 0.4) is 0 Å². The molecule has 2 N–H and O–H groups in total. The molecule has 7 heteroatoms. The van der Waals surface area contributed by atoms with Gasteiger partial charge in [-0.3, -0.25) is 4.79 Å². The number of aromatic nitrogens is 5. The smallest absolute Gasteiger partial charge is 0.251 e. The van der Waals surface area contributed by atoms with E-state index in [1.807, 2.05) is 66.7 Å². The van der Waals surface area contributed by atoms with Gasteiger partial charge in [-0.05, 0) is 41.8 Å². The third-order valence-electron chi connectivity index (χ3n) is 5.35. The number of carbonyl (C=O) groups excluding carboxylic acids is 1. The second-order valence-corrected chi connectivity index (χ2v) is 7.64. The normalized spacial score (nSPS) is 12.0. The average molecular weight is 422 g/mol. The number of nitrogens with one attached hydrogen (secondary N) is 2. The lowest BCUT2D eigenvalue weighted by Gasteiger charge is -2.17. The number of H-pyrrole nitrogens is 1. The SMILES string of the molecule is O=C(NC(Cc1ccccc1)c1nc2ccccc2[nH]1)c1ccc(Cn2cncn2)cc1. The van der Waals surface area contributed by atoms with Crippen LogP contribution in [0.2, 0.25) is 0 Å². The summed E-state index contributed by atoms with van der Waals surface area (Å²) in [5, 5.41) is 7.28. The van der Waals surface area contributed by atoms with Crippen LogP contribution in [0.15, 0.2) is 91.5 Å². The van der Waals surface area contributed by atoms with Crippen LogP contribution in [0.25, 0.3) is 11.0 Å². The second kappa shape index (κ2) is 8.85. The summed E-state index contributed by atoms with van der Waals surface area (Å²) >= 11 is 0. The monoisotopic (exact) mass is 422 g/mol. The van der Waals surface area contributed by atoms with Gasteiger partial charge in [-0.15, -0.1) is 0 Å². The van der Waals surface area contributed by atoms with E-state index in [1.165, 1.54) is 6.33 Å². The molecule has 7 nitrogen and oxygen atoms in total. The minimum absolute atomic E-state index is 0.140. The molecule has 158 valence electrons. The maximum absolute atomic E-state index is 13.1. The third-order valence-corrected chi connectivity index (χ3v) is 5.35. The lowest BCUT2D eigenvalue weighted by Crippen LogP contribution is -2.30. The molecular formula is C25H22N6O. The van der Waals surface area contributed by atoms with Gasteiger partial charge in [0.25, 0.3) is 5.91 Å². The first kappa shape index (κ1) is 19.7. The van der Waals surface area contributed by atoms with Crippen LogP contribution in [0.5, 0.6) is 0 Å². The molecule has 1 amide bonds. The molecule has 0 aliphatic rings. The molecule has 0 saturated carbocycles. The summed E-state index contributed by atoms with van der Waals surface area (Å²) in [5.74, 6) is 0.602. The number of rotatable bonds is 7. The highest BCUT2D eigenvalue weighted by molar-refractivity contribution is 5.94. The van der Waals surface area contributed by atoms with E-state index in [-0.39, 0.29) is 11.9 Å². The van der Waals surface area contributed by atoms with Crippen LogP contribution in [-0.4, -0.2) is 30.6 Å². The number of aromatic amines is 1. The summed E-state index contributed by atoms with van der Waals surface area (Å²) in [5.41, 5.74) is 4.60. The summed E-state index contributed by atoms with van der Waals surface area (Å²) in [7, 11) is 0. The van der Waals surface area contributed by atoms with E-state index in [0.717, 1.165) is 28.0 Å². The van der Waals surface area contributed by atoms with Gasteiger partial charge >= 0.3 is 0 Å². The van der Waals surface area contributed by atoms with Crippen molar-refractivity contribution >= 4 is 16.9 Å². The van der Waals surface area contributed by atoms with Crippen molar-refractivity contribution in [1.29, 1.82) is 0 Å². The number of amides is 1. The molecule has 2 heterocycles. The van der Waals surface area contributed by atoms with E-state index in [9.17, 15) is 4.79 Å². The number of hydrogen-bond donors (Lipinski definition) is 2. The Bertz CT molecular complexity index is 1280. The van der Waals surface area contributed by atoms with Gasteiger partial charge in [0.15, 0.2) is 0 Å². The van der Waals surface area contributed by atoms with E-state index < -0.39 is 0 Å². The molecule has 5 aromatic rings. The van der Waals surface area contributed by atoms with Crippen molar-refractivity contribution in [3.05, 3.63) is 114 Å². The fourth-order valence-electron chi connectivity index (χ4n) is 3.71. The Hall–Kier alpha value is -4.26. The molecule has 0 radical (unpaired) electrons. The molecule has 1 atom stereocenters. The Balaban J connectivity index is 1.37. The van der Waals surface area contributed by atoms with E-state index in [0.29, 0.717) is 18.5 Å². The highest BCUT2D eigenvalue weighted by Crippen LogP contribution is 2.20. The first-order chi connectivity index (χ1) is 15.7. The maximum Gasteiger partial charge on any atom is 0.251 e. The van der Waals surface area contributed by atoms with Crippen molar-refractivity contribution in [2.45, 2.75) is 19.0 Å². The molecule has 32 heavy (non-hydrogen) atoms. The van der Waals surface area contributed by atoms with E-state index in [1.54, 1.807) is 11.0 Å². The molecule has 0 bridgehead atoms. The van der Waals surface area contributed by atoms with Gasteiger partial charge in [0.2, 0.25) is 0 Å². The summed E-state index contributed by atoms with van der Waals surface area (Å²) < 4.78 is 1.74. The Morgan fingerprint density at radius 3 is 2.47 bits per heavy atom. The zero-order valence-electron chi connectivity index (χ0n) is 17.3. The lowest BCUT2D eigenvalue weighted by atomic mass is 10.0. The lowest BCUT2D eigenvalue weighted by molar-refractivity contribution is 0.0935. The van der Waals surface area contributed by atoms with Gasteiger partial charge in [-0.2, -0.15) is 5.10 Å². The molecule has 0 saturated heterocycles. The quantitative estimate of drug-likeness (QED) is 0.416. The van der Waals surface area contributed by atoms with Crippen LogP contribution >= 0.6 is 0 Å². The number of nitrogens with zero attached hydrogens (tertiary/aromatic N) is 4. The van der Waals surface area contributed by atoms with Crippen molar-refractivity contribution in [3.8, 4) is 0 Å². The van der Waals surface area contributed by atoms with E-state index >= 15 is 0 Å². The molecule has 1 unspecified atom stereocenters. The fourth-order valence-corrected chi connectivity index (χ4v) is 3.71. The molecule has 0 aliphatic heterocycles. The van der Waals surface area contributed by atoms with Crippen LogP contribution in [-0.2, 0) is 13.0 Å². The zero-order valence-corrected chi connectivity index (χ0v) is 17.3. The Morgan fingerprint density at radius 2 is 1.72 bits per heavy atom. The Morgan fingerprint density at radius 1 is 0.938 bits per heavy atom. The zero-order chi connectivity index (χ0) is 21.8. The molecule has 2 aromatic heterocycles. The number of hydrogen-bond acceptors (Lipinski definition) is 4. The van der Waals surface area contributed by atoms with Crippen molar-refractivity contribution < 1.29 is 4.79 Å². The number of fused-ring (bicyclic) bond motifs is 1. The van der Waals surface area contributed by atoms with Crippen LogP contribution in [0, 0.1) is 0 Å². The average Bonchev–Trinajstić information content (AvgIpc) is 3.49. The van der Waals surface area contributed by atoms with Crippen LogP contribution < -0.4 is 5.32 Å². The first-order valence-corrected chi connectivity index (χ1v) is 10.5. The molecular weight excluding hydrogens is 400 g/mol. The summed E-state index contributed by atoms with van der Waals surface area (Å²) in [4.78, 5) is 25.1. The van der Waals surface area contributed by atoms with E-state index in [4.69, 9.17) is 4.98 Å². The summed E-state index contributed by atoms with van der Waals surface area (Å²) in [6.07, 6.45) is 3.81. The largest absolute Gasteiger partial charge is 0.342 e. The molecule has 3 aromatic carbocycles. The maximum atomic E-state index is 13.1. The highest BCUT2D eigenvalue weighted by atomic mass is 16.1. The van der Waals surface area contributed by atoms with Crippen molar-refractivity contribution in [2.24, 2.45) is 0 Å². The molecule has 0 aliphatic carbocycles. The van der Waals surface area contributed by atoms with Crippen LogP contribution in [0.1, 0.15) is 33.4 Å². The van der Waals surface area contributed by atoms with Crippen LogP contribution in [0.4, 0.5) is 0 Å². The van der Waals surface area contributed by atoms with Crippen molar-refractivity contribution in [3.63, 3.8) is 0 Å². The molecule has 0 fully saturated rings. The number of carbonyl (C=O) groups is 1. The van der Waals surface area contributed by atoms with Gasteiger partial charge in [0.1, 0.15) is 18.5 Å². The minimum atomic E-state index is -0.285. The number of para-hydroxylation sites is 2. The topological polar surface area (TPSA) is 88.5 Å². The van der Waals surface area contributed by atoms with Crippen molar-refractivity contribution in [1.82, 2.24) is 30.0 Å². The van der Waals surface area contributed by atoms with Gasteiger partial charge in [-0.1, -0.05) is 54.6 Å². The molecule has 0 spiro atoms. The summed E-state index contributed by atoms with van der Waals surface area (Å²) in [6, 6.07) is 25.2. The van der Waals surface area contributed by atoms with Gasteiger partial charge in [0.05, 0.1) is 23.6 Å². The Labute approximate surface area is 185 Å². The van der Waals surface area contributed by atoms with Gasteiger partial charge in [-0.25, -0.2) is 14.6 Å². The third kappa shape index (κ3) is 4.41. The number of benzene rings is 3. The predicted octanol–water partition coefficient (Wildman–Crippen LogP) is 3.92. The number of imidazole rings is 1. The second-order valence-electron chi connectivity index (χ2n) is 7.64. The van der Waals surface area contributed by atoms with Crippen molar-refractivity contribution in [2.75, 3.05) is 0 Å². The predicted molar refractivity (Wildman–Crippen MR) is 122 cm³/mol. The van der Waals surface area contributed by atoms with Gasteiger partial charge in [0, 0.05) is 5.56 Å². The minimum Gasteiger partial charge on any atom is -0.342 e. The fraction of sp³-hybridized carbons (Fsp3) is 0.120. The summed E-state index contributed by atoms with van der Waals surface area (Å²) in [6.45, 7) is 0.609. The van der Waals surface area contributed by atoms with Gasteiger partial charge < -0.3 is 10.3 Å². The first-order valence-electron chi connectivity index (χ1n) is 10.5. The van der Waals surface area contributed by atoms with E-state index in [2.05, 4.69) is 32.5 Å². The molecule has 5 rings (SSSR count). The standard InChI is InChI=1S/C25H22N6O/c32-25(20-12-10-19(11-13-20)15-31-17-26-16-27-31)30-23(14-18-6-2-1-3-7-18)24-28-21-8-4-5-9-22(21)29-24/h1-13,16-17,23H,14-15H2,(H,28,29)(H,30,32). The Kier molecular flexibility index (Phi) is 5.45. The highest BCUT2D eigenvalue weighted by Gasteiger charge is 2.20.